The van der Waals surface area contributed by atoms with E-state index in [2.05, 4.69) is 12.2 Å². The Morgan fingerprint density at radius 3 is 2.55 bits per heavy atom. The van der Waals surface area contributed by atoms with Crippen LogP contribution < -0.4 is 5.32 Å². The highest BCUT2D eigenvalue weighted by Crippen LogP contribution is 2.61. The molecule has 3 N–H and O–H groups in total. The van der Waals surface area contributed by atoms with Crippen molar-refractivity contribution in [2.75, 3.05) is 31.6 Å². The van der Waals surface area contributed by atoms with Gasteiger partial charge in [0.2, 0.25) is 5.91 Å². The first-order valence-corrected chi connectivity index (χ1v) is 13.9. The molecule has 210 valence electrons. The van der Waals surface area contributed by atoms with E-state index in [1.54, 1.807) is 25.1 Å². The summed E-state index contributed by atoms with van der Waals surface area (Å²) in [4.78, 5) is 39.9. The lowest BCUT2D eigenvalue weighted by Gasteiger charge is -2.60. The van der Waals surface area contributed by atoms with Crippen LogP contribution in [-0.2, 0) is 14.3 Å². The van der Waals surface area contributed by atoms with Crippen LogP contribution in [-0.4, -0.2) is 71.6 Å². The number of ether oxygens (including phenoxy) is 2. The summed E-state index contributed by atoms with van der Waals surface area (Å²) in [6.45, 7) is 7.45. The van der Waals surface area contributed by atoms with Crippen molar-refractivity contribution in [1.82, 2.24) is 4.90 Å². The van der Waals surface area contributed by atoms with Crippen molar-refractivity contribution < 1.29 is 34.1 Å². The zero-order valence-corrected chi connectivity index (χ0v) is 22.8. The number of esters is 1. The quantitative estimate of drug-likeness (QED) is 0.455. The molecule has 3 aliphatic rings. The number of nitrogens with one attached hydrogen (secondary N) is 1. The normalized spacial score (nSPS) is 32.8. The topological polar surface area (TPSA) is 125 Å². The van der Waals surface area contributed by atoms with E-state index < -0.39 is 29.7 Å². The summed E-state index contributed by atoms with van der Waals surface area (Å²) >= 11 is 0. The lowest BCUT2D eigenvalue weighted by molar-refractivity contribution is -0.186. The number of carbonyl (C=O) groups is 3. The van der Waals surface area contributed by atoms with E-state index in [9.17, 15) is 24.6 Å². The molecule has 2 aliphatic carbocycles. The third-order valence-electron chi connectivity index (χ3n) is 9.40. The number of nitrogens with zero attached hydrogens (tertiary/aromatic N) is 1. The number of hydrogen-bond donors (Lipinski definition) is 3. The molecule has 0 unspecified atom stereocenters. The van der Waals surface area contributed by atoms with Gasteiger partial charge in [-0.25, -0.2) is 9.59 Å². The molecule has 0 aromatic heterocycles. The summed E-state index contributed by atoms with van der Waals surface area (Å²) in [5.74, 6) is -0.609. The molecule has 0 radical (unpaired) electrons. The molecule has 4 rings (SSSR count). The second kappa shape index (κ2) is 11.6. The molecule has 1 saturated heterocycles. The number of aliphatic hydroxyl groups is 2. The van der Waals surface area contributed by atoms with Gasteiger partial charge < -0.3 is 24.6 Å². The van der Waals surface area contributed by atoms with Gasteiger partial charge >= 0.3 is 12.1 Å². The number of likely N-dealkylation sites (tertiary alicyclic amines) is 1. The molecular weight excluding hydrogens is 488 g/mol. The SMILES string of the molecule is CCOC(=O)c1cccc(NC(=O)O[C@@H]2CC[C@]3(C)[C@H](CC[C@@H](O)[C@H]3CC(=O)N3CCCC3)[C@]2(C)CO)c1. The summed E-state index contributed by atoms with van der Waals surface area (Å²) < 4.78 is 10.9. The number of anilines is 1. The van der Waals surface area contributed by atoms with Crippen LogP contribution in [0.15, 0.2) is 24.3 Å². The predicted molar refractivity (Wildman–Crippen MR) is 141 cm³/mol. The molecule has 0 bridgehead atoms. The fourth-order valence-electron chi connectivity index (χ4n) is 7.28. The van der Waals surface area contributed by atoms with Gasteiger partial charge in [-0.2, -0.15) is 0 Å². The maximum atomic E-state index is 13.1. The Hall–Kier alpha value is -2.65. The van der Waals surface area contributed by atoms with Crippen LogP contribution in [0.3, 0.4) is 0 Å². The second-order valence-electron chi connectivity index (χ2n) is 11.6. The molecule has 9 heteroatoms. The average Bonchev–Trinajstić information content (AvgIpc) is 3.44. The first-order chi connectivity index (χ1) is 18.1. The van der Waals surface area contributed by atoms with Crippen molar-refractivity contribution in [3.8, 4) is 0 Å². The van der Waals surface area contributed by atoms with E-state index in [1.165, 1.54) is 6.07 Å². The fourth-order valence-corrected chi connectivity index (χ4v) is 7.28. The number of fused-ring (bicyclic) bond motifs is 1. The summed E-state index contributed by atoms with van der Waals surface area (Å²) in [6.07, 6.45) is 3.02. The Labute approximate surface area is 224 Å². The molecule has 1 aromatic carbocycles. The first kappa shape index (κ1) is 28.4. The zero-order chi connectivity index (χ0) is 27.5. The monoisotopic (exact) mass is 530 g/mol. The zero-order valence-electron chi connectivity index (χ0n) is 22.8. The smallest absolute Gasteiger partial charge is 0.411 e. The summed E-state index contributed by atoms with van der Waals surface area (Å²) in [7, 11) is 0. The van der Waals surface area contributed by atoms with Crippen molar-refractivity contribution in [3.63, 3.8) is 0 Å². The Morgan fingerprint density at radius 2 is 1.87 bits per heavy atom. The van der Waals surface area contributed by atoms with Crippen molar-refractivity contribution in [3.05, 3.63) is 29.8 Å². The number of amides is 2. The summed E-state index contributed by atoms with van der Waals surface area (Å²) in [6, 6.07) is 6.47. The minimum absolute atomic E-state index is 0.0292. The molecule has 2 amide bonds. The van der Waals surface area contributed by atoms with E-state index >= 15 is 0 Å². The van der Waals surface area contributed by atoms with Gasteiger partial charge in [0.1, 0.15) is 6.10 Å². The summed E-state index contributed by atoms with van der Waals surface area (Å²) in [5, 5.41) is 24.3. The number of benzene rings is 1. The fraction of sp³-hybridized carbons (Fsp3) is 0.690. The van der Waals surface area contributed by atoms with Crippen LogP contribution in [0.4, 0.5) is 10.5 Å². The number of rotatable bonds is 7. The minimum atomic E-state index is -0.730. The van der Waals surface area contributed by atoms with E-state index in [0.717, 1.165) is 25.9 Å². The molecule has 1 aromatic rings. The van der Waals surface area contributed by atoms with Crippen molar-refractivity contribution in [2.45, 2.75) is 77.9 Å². The summed E-state index contributed by atoms with van der Waals surface area (Å²) in [5.41, 5.74) is -0.358. The van der Waals surface area contributed by atoms with Gasteiger partial charge in [-0.15, -0.1) is 0 Å². The molecule has 3 fully saturated rings. The number of hydrogen-bond acceptors (Lipinski definition) is 7. The number of aliphatic hydroxyl groups excluding tert-OH is 2. The molecule has 2 saturated carbocycles. The Bertz CT molecular complexity index is 1030. The van der Waals surface area contributed by atoms with Crippen molar-refractivity contribution in [1.29, 1.82) is 0 Å². The molecule has 0 spiro atoms. The third-order valence-corrected chi connectivity index (χ3v) is 9.40. The molecule has 38 heavy (non-hydrogen) atoms. The van der Waals surface area contributed by atoms with Gasteiger partial charge in [-0.3, -0.25) is 10.1 Å². The van der Waals surface area contributed by atoms with Gasteiger partial charge in [0.15, 0.2) is 0 Å². The largest absolute Gasteiger partial charge is 0.462 e. The Kier molecular flexibility index (Phi) is 8.67. The van der Waals surface area contributed by atoms with Gasteiger partial charge in [0.05, 0.1) is 24.9 Å². The van der Waals surface area contributed by atoms with Crippen LogP contribution in [0.2, 0.25) is 0 Å². The van der Waals surface area contributed by atoms with Crippen LogP contribution in [0.25, 0.3) is 0 Å². The van der Waals surface area contributed by atoms with Crippen LogP contribution >= 0.6 is 0 Å². The van der Waals surface area contributed by atoms with Crippen LogP contribution in [0, 0.1) is 22.7 Å². The molecule has 6 atom stereocenters. The first-order valence-electron chi connectivity index (χ1n) is 13.9. The van der Waals surface area contributed by atoms with Gasteiger partial charge in [0, 0.05) is 30.6 Å². The second-order valence-corrected chi connectivity index (χ2v) is 11.6. The van der Waals surface area contributed by atoms with E-state index in [1.807, 2.05) is 11.8 Å². The Balaban J connectivity index is 1.47. The lowest BCUT2D eigenvalue weighted by Crippen LogP contribution is -2.61. The van der Waals surface area contributed by atoms with Crippen molar-refractivity contribution >= 4 is 23.7 Å². The molecule has 9 nitrogen and oxygen atoms in total. The van der Waals surface area contributed by atoms with E-state index in [-0.39, 0.29) is 36.4 Å². The standard InChI is InChI=1S/C29H42N2O7/c1-4-37-26(35)19-8-7-9-20(16-19)30-27(36)38-24-12-13-28(2)21(17-25(34)31-14-5-6-15-31)22(33)10-11-23(28)29(24,3)18-32/h7-9,16,21-24,32-33H,4-6,10-15,17-18H2,1-3H3,(H,30,36)/t21-,22-,23+,24-,28+,29+/m1/s1. The third kappa shape index (κ3) is 5.54. The van der Waals surface area contributed by atoms with Crippen LogP contribution in [0.1, 0.15) is 76.1 Å². The van der Waals surface area contributed by atoms with Crippen LogP contribution in [0.5, 0.6) is 0 Å². The molecular formula is C29H42N2O7. The van der Waals surface area contributed by atoms with Crippen molar-refractivity contribution in [2.24, 2.45) is 22.7 Å². The highest BCUT2D eigenvalue weighted by molar-refractivity contribution is 5.92. The molecule has 1 heterocycles. The van der Waals surface area contributed by atoms with E-state index in [0.29, 0.717) is 43.4 Å². The van der Waals surface area contributed by atoms with E-state index in [4.69, 9.17) is 9.47 Å². The van der Waals surface area contributed by atoms with Gasteiger partial charge in [0.25, 0.3) is 0 Å². The van der Waals surface area contributed by atoms with Gasteiger partial charge in [-0.1, -0.05) is 19.9 Å². The Morgan fingerprint density at radius 1 is 1.13 bits per heavy atom. The highest BCUT2D eigenvalue weighted by atomic mass is 16.6. The van der Waals surface area contributed by atoms with Gasteiger partial charge in [-0.05, 0) is 80.9 Å². The predicted octanol–water partition coefficient (Wildman–Crippen LogP) is 3.98. The lowest BCUT2D eigenvalue weighted by atomic mass is 9.46. The maximum absolute atomic E-state index is 13.1. The maximum Gasteiger partial charge on any atom is 0.411 e. The average molecular weight is 531 g/mol. The number of carbonyl (C=O) groups excluding carboxylic acids is 3. The highest BCUT2D eigenvalue weighted by Gasteiger charge is 2.60. The molecule has 1 aliphatic heterocycles. The minimum Gasteiger partial charge on any atom is -0.462 e.